The summed E-state index contributed by atoms with van der Waals surface area (Å²) in [7, 11) is 0. The molecule has 1 saturated heterocycles. The maximum absolute atomic E-state index is 3.73. The fourth-order valence-corrected chi connectivity index (χ4v) is 4.09. The summed E-state index contributed by atoms with van der Waals surface area (Å²) in [6, 6.07) is 1.44. The second-order valence-electron chi connectivity index (χ2n) is 7.79. The summed E-state index contributed by atoms with van der Waals surface area (Å²) >= 11 is 0. The van der Waals surface area contributed by atoms with Gasteiger partial charge in [0.05, 0.1) is 0 Å². The van der Waals surface area contributed by atoms with Crippen molar-refractivity contribution < 1.29 is 0 Å². The van der Waals surface area contributed by atoms with Gasteiger partial charge in [-0.05, 0) is 62.9 Å². The first kappa shape index (κ1) is 15.3. The van der Waals surface area contributed by atoms with Crippen LogP contribution in [0, 0.1) is 11.3 Å². The van der Waals surface area contributed by atoms with Crippen molar-refractivity contribution >= 4 is 0 Å². The Bertz CT molecular complexity index is 225. The second-order valence-corrected chi connectivity index (χ2v) is 7.79. The quantitative estimate of drug-likeness (QED) is 0.835. The zero-order chi connectivity index (χ0) is 13.9. The molecule has 0 radical (unpaired) electrons. The van der Waals surface area contributed by atoms with Crippen LogP contribution in [0.3, 0.4) is 0 Å². The summed E-state index contributed by atoms with van der Waals surface area (Å²) in [5.74, 6) is 0.819. The van der Waals surface area contributed by atoms with Gasteiger partial charge in [-0.15, -0.1) is 0 Å². The van der Waals surface area contributed by atoms with Crippen LogP contribution in [-0.4, -0.2) is 36.6 Å². The van der Waals surface area contributed by atoms with Gasteiger partial charge in [-0.25, -0.2) is 0 Å². The topological polar surface area (TPSA) is 15.3 Å². The molecule has 2 rings (SSSR count). The minimum atomic E-state index is 0.645. The molecule has 19 heavy (non-hydrogen) atoms. The molecule has 2 nitrogen and oxygen atoms in total. The molecule has 0 aromatic heterocycles. The Hall–Kier alpha value is -0.0800. The Morgan fingerprint density at radius 2 is 1.58 bits per heavy atom. The molecule has 1 heterocycles. The highest BCUT2D eigenvalue weighted by Crippen LogP contribution is 2.44. The summed E-state index contributed by atoms with van der Waals surface area (Å²) in [4.78, 5) is 2.69. The number of hydrogen-bond donors (Lipinski definition) is 1. The van der Waals surface area contributed by atoms with E-state index in [0.29, 0.717) is 11.5 Å². The zero-order valence-corrected chi connectivity index (χ0v) is 13.5. The van der Waals surface area contributed by atoms with E-state index in [1.54, 1.807) is 0 Å². The minimum Gasteiger partial charge on any atom is -0.312 e. The molecule has 0 aromatic rings. The SMILES string of the molecule is CC(C)CN1CCC2(CCC(NC(C)C)CC2)CC1. The third kappa shape index (κ3) is 4.46. The third-order valence-corrected chi connectivity index (χ3v) is 5.16. The highest BCUT2D eigenvalue weighted by Gasteiger charge is 2.37. The lowest BCUT2D eigenvalue weighted by Crippen LogP contribution is -2.46. The molecule has 1 N–H and O–H groups in total. The van der Waals surface area contributed by atoms with Gasteiger partial charge in [0, 0.05) is 18.6 Å². The molecule has 0 bridgehead atoms. The van der Waals surface area contributed by atoms with Crippen molar-refractivity contribution in [3.05, 3.63) is 0 Å². The highest BCUT2D eigenvalue weighted by atomic mass is 15.1. The lowest BCUT2D eigenvalue weighted by Gasteiger charge is -2.46. The van der Waals surface area contributed by atoms with E-state index in [0.717, 1.165) is 12.0 Å². The van der Waals surface area contributed by atoms with Gasteiger partial charge < -0.3 is 10.2 Å². The minimum absolute atomic E-state index is 0.645. The van der Waals surface area contributed by atoms with Crippen LogP contribution in [0.15, 0.2) is 0 Å². The van der Waals surface area contributed by atoms with Crippen molar-refractivity contribution in [1.82, 2.24) is 10.2 Å². The van der Waals surface area contributed by atoms with Crippen molar-refractivity contribution in [2.24, 2.45) is 11.3 Å². The predicted octanol–water partition coefficient (Wildman–Crippen LogP) is 3.67. The van der Waals surface area contributed by atoms with Gasteiger partial charge in [0.1, 0.15) is 0 Å². The molecule has 2 heteroatoms. The van der Waals surface area contributed by atoms with E-state index in [4.69, 9.17) is 0 Å². The van der Waals surface area contributed by atoms with Crippen molar-refractivity contribution in [2.75, 3.05) is 19.6 Å². The summed E-state index contributed by atoms with van der Waals surface area (Å²) in [6.07, 6.45) is 8.65. The second kappa shape index (κ2) is 6.58. The van der Waals surface area contributed by atoms with Crippen molar-refractivity contribution in [3.63, 3.8) is 0 Å². The molecular weight excluding hydrogens is 232 g/mol. The Kier molecular flexibility index (Phi) is 5.30. The van der Waals surface area contributed by atoms with E-state index in [9.17, 15) is 0 Å². The fraction of sp³-hybridized carbons (Fsp3) is 1.00. The first-order chi connectivity index (χ1) is 8.99. The van der Waals surface area contributed by atoms with Crippen LogP contribution in [0.1, 0.15) is 66.2 Å². The normalized spacial score (nSPS) is 25.6. The van der Waals surface area contributed by atoms with Crippen molar-refractivity contribution in [3.8, 4) is 0 Å². The van der Waals surface area contributed by atoms with Crippen LogP contribution < -0.4 is 5.32 Å². The number of nitrogens with one attached hydrogen (secondary N) is 1. The molecule has 2 aliphatic rings. The molecule has 1 spiro atoms. The van der Waals surface area contributed by atoms with Gasteiger partial charge in [0.25, 0.3) is 0 Å². The third-order valence-electron chi connectivity index (χ3n) is 5.16. The van der Waals surface area contributed by atoms with Crippen LogP contribution >= 0.6 is 0 Å². The molecule has 0 aromatic carbocycles. The number of hydrogen-bond acceptors (Lipinski definition) is 2. The molecule has 0 atom stereocenters. The van der Waals surface area contributed by atoms with Gasteiger partial charge in [0.2, 0.25) is 0 Å². The summed E-state index contributed by atoms with van der Waals surface area (Å²) in [5, 5.41) is 3.73. The number of piperidine rings is 1. The average molecular weight is 266 g/mol. The fourth-order valence-electron chi connectivity index (χ4n) is 4.09. The van der Waals surface area contributed by atoms with E-state index in [1.165, 1.54) is 58.2 Å². The summed E-state index contributed by atoms with van der Waals surface area (Å²) < 4.78 is 0. The molecule has 112 valence electrons. The maximum atomic E-state index is 3.73. The Balaban J connectivity index is 1.75. The molecule has 2 fully saturated rings. The van der Waals surface area contributed by atoms with E-state index < -0.39 is 0 Å². The lowest BCUT2D eigenvalue weighted by molar-refractivity contribution is 0.0527. The Morgan fingerprint density at radius 1 is 1.00 bits per heavy atom. The van der Waals surface area contributed by atoms with Crippen molar-refractivity contribution in [2.45, 2.75) is 78.3 Å². The molecule has 0 unspecified atom stereocenters. The standard InChI is InChI=1S/C17H34N2/c1-14(2)13-19-11-9-17(10-12-19)7-5-16(6-8-17)18-15(3)4/h14-16,18H,5-13H2,1-4H3. The van der Waals surface area contributed by atoms with E-state index in [2.05, 4.69) is 37.9 Å². The molecule has 1 aliphatic carbocycles. The van der Waals surface area contributed by atoms with Gasteiger partial charge in [-0.2, -0.15) is 0 Å². The Labute approximate surface area is 120 Å². The van der Waals surface area contributed by atoms with Crippen molar-refractivity contribution in [1.29, 1.82) is 0 Å². The maximum Gasteiger partial charge on any atom is 0.00698 e. The van der Waals surface area contributed by atoms with E-state index in [-0.39, 0.29) is 0 Å². The van der Waals surface area contributed by atoms with Crippen LogP contribution in [0.2, 0.25) is 0 Å². The largest absolute Gasteiger partial charge is 0.312 e. The molecule has 1 aliphatic heterocycles. The monoisotopic (exact) mass is 266 g/mol. The first-order valence-corrected chi connectivity index (χ1v) is 8.47. The van der Waals surface area contributed by atoms with Crippen LogP contribution in [0.4, 0.5) is 0 Å². The predicted molar refractivity (Wildman–Crippen MR) is 83.5 cm³/mol. The summed E-state index contributed by atoms with van der Waals surface area (Å²) in [6.45, 7) is 13.2. The molecular formula is C17H34N2. The van der Waals surface area contributed by atoms with Crippen LogP contribution in [-0.2, 0) is 0 Å². The Morgan fingerprint density at radius 3 is 2.05 bits per heavy atom. The van der Waals surface area contributed by atoms with Crippen LogP contribution in [0.25, 0.3) is 0 Å². The van der Waals surface area contributed by atoms with E-state index in [1.807, 2.05) is 0 Å². The number of rotatable bonds is 4. The van der Waals surface area contributed by atoms with Crippen LogP contribution in [0.5, 0.6) is 0 Å². The van der Waals surface area contributed by atoms with Gasteiger partial charge in [0.15, 0.2) is 0 Å². The van der Waals surface area contributed by atoms with E-state index >= 15 is 0 Å². The van der Waals surface area contributed by atoms with Gasteiger partial charge >= 0.3 is 0 Å². The number of likely N-dealkylation sites (tertiary alicyclic amines) is 1. The summed E-state index contributed by atoms with van der Waals surface area (Å²) in [5.41, 5.74) is 0.711. The lowest BCUT2D eigenvalue weighted by atomic mass is 9.67. The van der Waals surface area contributed by atoms with Gasteiger partial charge in [-0.1, -0.05) is 27.7 Å². The smallest absolute Gasteiger partial charge is 0.00698 e. The number of nitrogens with zero attached hydrogens (tertiary/aromatic N) is 1. The molecule has 1 saturated carbocycles. The van der Waals surface area contributed by atoms with Gasteiger partial charge in [-0.3, -0.25) is 0 Å². The zero-order valence-electron chi connectivity index (χ0n) is 13.5. The highest BCUT2D eigenvalue weighted by molar-refractivity contribution is 4.92. The average Bonchev–Trinajstić information content (AvgIpc) is 2.34. The first-order valence-electron chi connectivity index (χ1n) is 8.47. The molecule has 0 amide bonds.